The Labute approximate surface area is 169 Å². The summed E-state index contributed by atoms with van der Waals surface area (Å²) in [4.78, 5) is 32.6. The smallest absolute Gasteiger partial charge is 0.410 e. The van der Waals surface area contributed by atoms with Crippen LogP contribution in [0.15, 0.2) is 24.3 Å². The predicted molar refractivity (Wildman–Crippen MR) is 109 cm³/mol. The maximum absolute atomic E-state index is 13.1. The van der Waals surface area contributed by atoms with Gasteiger partial charge in [-0.15, -0.1) is 0 Å². The minimum Gasteiger partial charge on any atom is -0.444 e. The second-order valence-electron chi connectivity index (χ2n) is 8.77. The van der Waals surface area contributed by atoms with E-state index in [1.54, 1.807) is 6.07 Å². The van der Waals surface area contributed by atoms with Crippen molar-refractivity contribution in [2.24, 2.45) is 5.92 Å². The fourth-order valence-electron chi connectivity index (χ4n) is 4.28. The Morgan fingerprint density at radius 2 is 2.00 bits per heavy atom. The van der Waals surface area contributed by atoms with Crippen molar-refractivity contribution in [3.63, 3.8) is 0 Å². The van der Waals surface area contributed by atoms with Crippen molar-refractivity contribution < 1.29 is 14.3 Å². The van der Waals surface area contributed by atoms with Gasteiger partial charge in [0.05, 0.1) is 6.04 Å². The summed E-state index contributed by atoms with van der Waals surface area (Å²) in [6.07, 6.45) is 1.68. The molecule has 0 spiro atoms. The number of nitrogens with one attached hydrogen (secondary N) is 1. The average molecular weight is 404 g/mol. The molecule has 4 rings (SSSR count). The number of rotatable bonds is 1. The zero-order valence-electron chi connectivity index (χ0n) is 16.5. The number of aromatic nitrogens is 1. The van der Waals surface area contributed by atoms with E-state index in [4.69, 9.17) is 16.3 Å². The number of aromatic amines is 1. The third kappa shape index (κ3) is 3.70. The van der Waals surface area contributed by atoms with E-state index in [1.165, 1.54) is 0 Å². The average Bonchev–Trinajstić information content (AvgIpc) is 3.22. The van der Waals surface area contributed by atoms with E-state index in [-0.39, 0.29) is 18.0 Å². The standard InChI is InChI=1S/C21H26ClN3O3/c1-21(2,3)28-20(27)25-8-4-5-13-11-24(12-18(13)25)19(26)17-10-14-9-15(22)6-7-16(14)23-17/h6-7,9-10,13,18,23H,4-5,8,11-12H2,1-3H3. The van der Waals surface area contributed by atoms with Crippen molar-refractivity contribution in [2.75, 3.05) is 19.6 Å². The van der Waals surface area contributed by atoms with Crippen LogP contribution >= 0.6 is 11.6 Å². The highest BCUT2D eigenvalue weighted by Crippen LogP contribution is 2.33. The fourth-order valence-corrected chi connectivity index (χ4v) is 4.46. The van der Waals surface area contributed by atoms with Crippen molar-refractivity contribution in [1.29, 1.82) is 0 Å². The first-order valence-electron chi connectivity index (χ1n) is 9.78. The van der Waals surface area contributed by atoms with Gasteiger partial charge in [0.15, 0.2) is 0 Å². The highest BCUT2D eigenvalue weighted by Gasteiger charge is 2.44. The molecule has 2 aliphatic heterocycles. The number of hydrogen-bond donors (Lipinski definition) is 1. The summed E-state index contributed by atoms with van der Waals surface area (Å²) in [5, 5.41) is 1.56. The highest BCUT2D eigenvalue weighted by molar-refractivity contribution is 6.31. The molecule has 1 N–H and O–H groups in total. The van der Waals surface area contributed by atoms with Gasteiger partial charge in [-0.05, 0) is 63.8 Å². The number of nitrogens with zero attached hydrogens (tertiary/aromatic N) is 2. The molecule has 0 aliphatic carbocycles. The Morgan fingerprint density at radius 1 is 1.21 bits per heavy atom. The number of H-pyrrole nitrogens is 1. The maximum Gasteiger partial charge on any atom is 0.410 e. The van der Waals surface area contributed by atoms with Crippen LogP contribution in [0.2, 0.25) is 5.02 Å². The van der Waals surface area contributed by atoms with Crippen LogP contribution in [0.4, 0.5) is 4.79 Å². The third-order valence-electron chi connectivity index (χ3n) is 5.51. The molecule has 2 atom stereocenters. The van der Waals surface area contributed by atoms with Crippen molar-refractivity contribution in [3.05, 3.63) is 35.0 Å². The molecule has 2 amide bonds. The summed E-state index contributed by atoms with van der Waals surface area (Å²) in [5.74, 6) is 0.259. The molecular formula is C21H26ClN3O3. The molecule has 0 radical (unpaired) electrons. The zero-order valence-corrected chi connectivity index (χ0v) is 17.3. The summed E-state index contributed by atoms with van der Waals surface area (Å²) >= 11 is 6.05. The number of halogens is 1. The number of hydrogen-bond acceptors (Lipinski definition) is 3. The molecule has 2 unspecified atom stereocenters. The topological polar surface area (TPSA) is 65.6 Å². The highest BCUT2D eigenvalue weighted by atomic mass is 35.5. The zero-order chi connectivity index (χ0) is 20.1. The number of carbonyl (C=O) groups is 2. The molecule has 150 valence electrons. The van der Waals surface area contributed by atoms with Gasteiger partial charge in [-0.25, -0.2) is 4.79 Å². The van der Waals surface area contributed by atoms with Gasteiger partial charge in [0.25, 0.3) is 5.91 Å². The molecule has 2 saturated heterocycles. The Bertz CT molecular complexity index is 917. The first-order valence-corrected chi connectivity index (χ1v) is 10.2. The van der Waals surface area contributed by atoms with Crippen LogP contribution in [0.1, 0.15) is 44.1 Å². The van der Waals surface area contributed by atoms with E-state index in [0.717, 1.165) is 23.7 Å². The van der Waals surface area contributed by atoms with E-state index >= 15 is 0 Å². The molecule has 6 nitrogen and oxygen atoms in total. The van der Waals surface area contributed by atoms with Gasteiger partial charge >= 0.3 is 6.09 Å². The predicted octanol–water partition coefficient (Wildman–Crippen LogP) is 4.29. The molecule has 3 heterocycles. The molecule has 2 aromatic rings. The molecule has 1 aromatic carbocycles. The third-order valence-corrected chi connectivity index (χ3v) is 5.74. The second kappa shape index (κ2) is 6.99. The number of piperidine rings is 1. The Balaban J connectivity index is 1.51. The van der Waals surface area contributed by atoms with Gasteiger partial charge in [0.1, 0.15) is 11.3 Å². The normalized spacial score (nSPS) is 22.4. The van der Waals surface area contributed by atoms with Crippen molar-refractivity contribution in [3.8, 4) is 0 Å². The van der Waals surface area contributed by atoms with Crippen molar-refractivity contribution >= 4 is 34.5 Å². The van der Waals surface area contributed by atoms with Gasteiger partial charge in [-0.3, -0.25) is 4.79 Å². The molecular weight excluding hydrogens is 378 g/mol. The molecule has 2 aliphatic rings. The molecule has 28 heavy (non-hydrogen) atoms. The van der Waals surface area contributed by atoms with E-state index < -0.39 is 5.60 Å². The summed E-state index contributed by atoms with van der Waals surface area (Å²) in [5.41, 5.74) is 0.920. The van der Waals surface area contributed by atoms with E-state index in [9.17, 15) is 9.59 Å². The lowest BCUT2D eigenvalue weighted by Crippen LogP contribution is -2.50. The second-order valence-corrected chi connectivity index (χ2v) is 9.20. The molecule has 1 aromatic heterocycles. The molecule has 7 heteroatoms. The van der Waals surface area contributed by atoms with Crippen LogP contribution in [0.3, 0.4) is 0 Å². The fraction of sp³-hybridized carbons (Fsp3) is 0.524. The van der Waals surface area contributed by atoms with Crippen molar-refractivity contribution in [1.82, 2.24) is 14.8 Å². The lowest BCUT2D eigenvalue weighted by Gasteiger charge is -2.37. The quantitative estimate of drug-likeness (QED) is 0.772. The summed E-state index contributed by atoms with van der Waals surface area (Å²) in [6.45, 7) is 7.51. The van der Waals surface area contributed by atoms with Gasteiger partial charge in [-0.1, -0.05) is 11.6 Å². The Morgan fingerprint density at radius 3 is 2.75 bits per heavy atom. The number of ether oxygens (including phenoxy) is 1. The molecule has 0 saturated carbocycles. The van der Waals surface area contributed by atoms with Crippen LogP contribution < -0.4 is 0 Å². The van der Waals surface area contributed by atoms with Crippen LogP contribution in [0, 0.1) is 5.92 Å². The minimum absolute atomic E-state index is 0.0198. The van der Waals surface area contributed by atoms with Gasteiger partial charge in [-0.2, -0.15) is 0 Å². The van der Waals surface area contributed by atoms with Gasteiger partial charge in [0.2, 0.25) is 0 Å². The SMILES string of the molecule is CC(C)(C)OC(=O)N1CCCC2CN(C(=O)c3cc4cc(Cl)ccc4[nH]3)CC21. The number of likely N-dealkylation sites (tertiary alicyclic amines) is 2. The van der Waals surface area contributed by atoms with E-state index in [1.807, 2.05) is 48.8 Å². The van der Waals surface area contributed by atoms with E-state index in [0.29, 0.717) is 36.3 Å². The Kier molecular flexibility index (Phi) is 4.78. The summed E-state index contributed by atoms with van der Waals surface area (Å²) in [7, 11) is 0. The van der Waals surface area contributed by atoms with Gasteiger partial charge in [0, 0.05) is 35.6 Å². The first-order chi connectivity index (χ1) is 13.2. The van der Waals surface area contributed by atoms with Crippen LogP contribution in [0.5, 0.6) is 0 Å². The number of amides is 2. The monoisotopic (exact) mass is 403 g/mol. The summed E-state index contributed by atoms with van der Waals surface area (Å²) < 4.78 is 5.58. The number of fused-ring (bicyclic) bond motifs is 2. The largest absolute Gasteiger partial charge is 0.444 e. The summed E-state index contributed by atoms with van der Waals surface area (Å²) in [6, 6.07) is 7.39. The van der Waals surface area contributed by atoms with E-state index in [2.05, 4.69) is 4.98 Å². The van der Waals surface area contributed by atoms with Crippen LogP contribution in [0.25, 0.3) is 10.9 Å². The van der Waals surface area contributed by atoms with Gasteiger partial charge < -0.3 is 19.5 Å². The number of carbonyl (C=O) groups excluding carboxylic acids is 2. The maximum atomic E-state index is 13.1. The number of benzene rings is 1. The van der Waals surface area contributed by atoms with Crippen molar-refractivity contribution in [2.45, 2.75) is 45.3 Å². The molecule has 2 fully saturated rings. The molecule has 0 bridgehead atoms. The minimum atomic E-state index is -0.524. The van der Waals surface area contributed by atoms with Crippen LogP contribution in [-0.2, 0) is 4.74 Å². The lowest BCUT2D eigenvalue weighted by atomic mass is 9.92. The lowest BCUT2D eigenvalue weighted by molar-refractivity contribution is 0.00615. The first kappa shape index (κ1) is 19.1. The Hall–Kier alpha value is -2.21. The van der Waals surface area contributed by atoms with Crippen LogP contribution in [-0.4, -0.2) is 58.1 Å².